The number of anilines is 1. The molecule has 1 fully saturated rings. The first-order valence-corrected chi connectivity index (χ1v) is 10.2. The SMILES string of the molecule is Cc1ccc(CN2C[C@H](C(=O)OCC(=O)Nc3ccc(Br)cc3C)CC2=O)cc1. The Labute approximate surface area is 178 Å². The number of ether oxygens (including phenoxy) is 1. The number of esters is 1. The highest BCUT2D eigenvalue weighted by molar-refractivity contribution is 9.10. The average Bonchev–Trinajstić information content (AvgIpc) is 3.04. The average molecular weight is 459 g/mol. The second-order valence-electron chi connectivity index (χ2n) is 7.28. The summed E-state index contributed by atoms with van der Waals surface area (Å²) in [6, 6.07) is 13.4. The molecule has 0 radical (unpaired) electrons. The van der Waals surface area contributed by atoms with E-state index in [9.17, 15) is 14.4 Å². The lowest BCUT2D eigenvalue weighted by atomic mass is 10.1. The van der Waals surface area contributed by atoms with E-state index < -0.39 is 17.8 Å². The lowest BCUT2D eigenvalue weighted by Crippen LogP contribution is -2.28. The maximum atomic E-state index is 12.3. The third-order valence-corrected chi connectivity index (χ3v) is 5.34. The lowest BCUT2D eigenvalue weighted by molar-refractivity contribution is -0.151. The van der Waals surface area contributed by atoms with Gasteiger partial charge in [-0.3, -0.25) is 14.4 Å². The van der Waals surface area contributed by atoms with Crippen LogP contribution in [0.1, 0.15) is 23.1 Å². The molecule has 0 spiro atoms. The number of aryl methyl sites for hydroxylation is 2. The first kappa shape index (κ1) is 21.0. The lowest BCUT2D eigenvalue weighted by Gasteiger charge is -2.16. The van der Waals surface area contributed by atoms with E-state index in [1.54, 1.807) is 11.0 Å². The van der Waals surface area contributed by atoms with E-state index in [0.717, 1.165) is 21.2 Å². The Bertz CT molecular complexity index is 927. The van der Waals surface area contributed by atoms with Gasteiger partial charge in [-0.05, 0) is 43.2 Å². The zero-order valence-corrected chi connectivity index (χ0v) is 18.0. The summed E-state index contributed by atoms with van der Waals surface area (Å²) in [5.41, 5.74) is 3.73. The Morgan fingerprint density at radius 1 is 1.17 bits per heavy atom. The summed E-state index contributed by atoms with van der Waals surface area (Å²) in [6.07, 6.45) is 0.109. The topological polar surface area (TPSA) is 75.7 Å². The van der Waals surface area contributed by atoms with Crippen molar-refractivity contribution in [1.82, 2.24) is 4.90 Å². The number of amides is 2. The fourth-order valence-electron chi connectivity index (χ4n) is 3.20. The second-order valence-corrected chi connectivity index (χ2v) is 8.19. The predicted octanol–water partition coefficient (Wildman–Crippen LogP) is 3.60. The van der Waals surface area contributed by atoms with Crippen LogP contribution in [0.15, 0.2) is 46.9 Å². The number of hydrogen-bond acceptors (Lipinski definition) is 4. The molecule has 0 saturated carbocycles. The molecule has 1 aliphatic heterocycles. The van der Waals surface area contributed by atoms with Gasteiger partial charge < -0.3 is 15.0 Å². The summed E-state index contributed by atoms with van der Waals surface area (Å²) >= 11 is 3.37. The summed E-state index contributed by atoms with van der Waals surface area (Å²) in [6.45, 7) is 4.27. The first-order valence-electron chi connectivity index (χ1n) is 9.38. The van der Waals surface area contributed by atoms with Crippen LogP contribution in [0.4, 0.5) is 5.69 Å². The molecule has 0 aromatic heterocycles. The molecule has 29 heavy (non-hydrogen) atoms. The van der Waals surface area contributed by atoms with Crippen LogP contribution in [0, 0.1) is 19.8 Å². The molecule has 0 aliphatic carbocycles. The van der Waals surface area contributed by atoms with Crippen LogP contribution in [-0.2, 0) is 25.7 Å². The number of rotatable bonds is 6. The Morgan fingerprint density at radius 2 is 1.90 bits per heavy atom. The van der Waals surface area contributed by atoms with E-state index in [1.165, 1.54) is 0 Å². The normalized spacial score (nSPS) is 16.0. The van der Waals surface area contributed by atoms with E-state index in [0.29, 0.717) is 18.8 Å². The third kappa shape index (κ3) is 5.67. The molecular weight excluding hydrogens is 436 g/mol. The highest BCUT2D eigenvalue weighted by atomic mass is 79.9. The predicted molar refractivity (Wildman–Crippen MR) is 113 cm³/mol. The molecular formula is C22H23BrN2O4. The Balaban J connectivity index is 1.48. The number of nitrogens with one attached hydrogen (secondary N) is 1. The molecule has 2 aromatic carbocycles. The molecule has 2 aromatic rings. The largest absolute Gasteiger partial charge is 0.455 e. The van der Waals surface area contributed by atoms with Gasteiger partial charge in [0.25, 0.3) is 5.91 Å². The summed E-state index contributed by atoms with van der Waals surface area (Å²) in [4.78, 5) is 38.3. The Hall–Kier alpha value is -2.67. The molecule has 0 unspecified atom stereocenters. The van der Waals surface area contributed by atoms with Crippen LogP contribution in [0.5, 0.6) is 0 Å². The third-order valence-electron chi connectivity index (χ3n) is 4.85. The van der Waals surface area contributed by atoms with Crippen molar-refractivity contribution in [1.29, 1.82) is 0 Å². The number of hydrogen-bond donors (Lipinski definition) is 1. The molecule has 1 atom stereocenters. The molecule has 1 heterocycles. The molecule has 3 rings (SSSR count). The van der Waals surface area contributed by atoms with Crippen molar-refractivity contribution < 1.29 is 19.1 Å². The van der Waals surface area contributed by atoms with Gasteiger partial charge >= 0.3 is 5.97 Å². The summed E-state index contributed by atoms with van der Waals surface area (Å²) < 4.78 is 6.06. The van der Waals surface area contributed by atoms with Crippen molar-refractivity contribution in [2.24, 2.45) is 5.92 Å². The van der Waals surface area contributed by atoms with Crippen molar-refractivity contribution in [3.05, 3.63) is 63.6 Å². The van der Waals surface area contributed by atoms with Crippen LogP contribution >= 0.6 is 15.9 Å². The van der Waals surface area contributed by atoms with Crippen LogP contribution in [0.2, 0.25) is 0 Å². The highest BCUT2D eigenvalue weighted by Gasteiger charge is 2.35. The van der Waals surface area contributed by atoms with Crippen LogP contribution in [0.3, 0.4) is 0 Å². The van der Waals surface area contributed by atoms with Crippen LogP contribution < -0.4 is 5.32 Å². The molecule has 1 N–H and O–H groups in total. The number of nitrogens with zero attached hydrogens (tertiary/aromatic N) is 1. The summed E-state index contributed by atoms with van der Waals surface area (Å²) in [5.74, 6) is -1.56. The minimum Gasteiger partial charge on any atom is -0.455 e. The molecule has 6 nitrogen and oxygen atoms in total. The van der Waals surface area contributed by atoms with E-state index in [4.69, 9.17) is 4.74 Å². The number of carbonyl (C=O) groups excluding carboxylic acids is 3. The minimum absolute atomic E-state index is 0.0811. The van der Waals surface area contributed by atoms with Gasteiger partial charge in [0.2, 0.25) is 5.91 Å². The monoisotopic (exact) mass is 458 g/mol. The van der Waals surface area contributed by atoms with Crippen LogP contribution in [-0.4, -0.2) is 35.8 Å². The van der Waals surface area contributed by atoms with Gasteiger partial charge in [0.15, 0.2) is 6.61 Å². The smallest absolute Gasteiger partial charge is 0.311 e. The molecule has 1 aliphatic rings. The number of benzene rings is 2. The quantitative estimate of drug-likeness (QED) is 0.670. The Morgan fingerprint density at radius 3 is 2.59 bits per heavy atom. The molecule has 2 amide bonds. The highest BCUT2D eigenvalue weighted by Crippen LogP contribution is 2.22. The van der Waals surface area contributed by atoms with Crippen molar-refractivity contribution in [3.8, 4) is 0 Å². The van der Waals surface area contributed by atoms with E-state index in [2.05, 4.69) is 21.2 Å². The summed E-state index contributed by atoms with van der Waals surface area (Å²) in [7, 11) is 0. The van der Waals surface area contributed by atoms with Crippen LogP contribution in [0.25, 0.3) is 0 Å². The van der Waals surface area contributed by atoms with Crippen molar-refractivity contribution in [2.75, 3.05) is 18.5 Å². The maximum absolute atomic E-state index is 12.3. The zero-order valence-electron chi connectivity index (χ0n) is 16.4. The van der Waals surface area contributed by atoms with E-state index in [1.807, 2.05) is 50.2 Å². The standard InChI is InChI=1S/C22H23BrN2O4/c1-14-3-5-16(6-4-14)11-25-12-17(10-21(25)27)22(28)29-13-20(26)24-19-8-7-18(23)9-15(19)2/h3-9,17H,10-13H2,1-2H3,(H,24,26)/t17-/m1/s1. The number of likely N-dealkylation sites (tertiary alicyclic amines) is 1. The van der Waals surface area contributed by atoms with Gasteiger partial charge in [-0.25, -0.2) is 0 Å². The van der Waals surface area contributed by atoms with Crippen molar-refractivity contribution in [2.45, 2.75) is 26.8 Å². The zero-order chi connectivity index (χ0) is 21.0. The van der Waals surface area contributed by atoms with Crippen molar-refractivity contribution >= 4 is 39.4 Å². The fraction of sp³-hybridized carbons (Fsp3) is 0.318. The van der Waals surface area contributed by atoms with E-state index >= 15 is 0 Å². The number of carbonyl (C=O) groups is 3. The van der Waals surface area contributed by atoms with Gasteiger partial charge in [-0.2, -0.15) is 0 Å². The van der Waals surface area contributed by atoms with Crippen molar-refractivity contribution in [3.63, 3.8) is 0 Å². The molecule has 0 bridgehead atoms. The van der Waals surface area contributed by atoms with E-state index in [-0.39, 0.29) is 18.9 Å². The molecule has 152 valence electrons. The van der Waals surface area contributed by atoms with Gasteiger partial charge in [0, 0.05) is 29.7 Å². The second kappa shape index (κ2) is 9.22. The van der Waals surface area contributed by atoms with Gasteiger partial charge in [0.1, 0.15) is 0 Å². The molecule has 7 heteroatoms. The fourth-order valence-corrected chi connectivity index (χ4v) is 3.68. The maximum Gasteiger partial charge on any atom is 0.311 e. The number of halogens is 1. The van der Waals surface area contributed by atoms with Gasteiger partial charge in [-0.1, -0.05) is 45.8 Å². The van der Waals surface area contributed by atoms with Gasteiger partial charge in [-0.15, -0.1) is 0 Å². The minimum atomic E-state index is -0.546. The molecule has 1 saturated heterocycles. The van der Waals surface area contributed by atoms with Gasteiger partial charge in [0.05, 0.1) is 5.92 Å². The Kier molecular flexibility index (Phi) is 6.69. The first-order chi connectivity index (χ1) is 13.8. The summed E-state index contributed by atoms with van der Waals surface area (Å²) in [5, 5.41) is 2.72.